The molecule has 0 bridgehead atoms. The lowest BCUT2D eigenvalue weighted by atomic mass is 10.2. The number of rotatable bonds is 12. The maximum absolute atomic E-state index is 5.62. The summed E-state index contributed by atoms with van der Waals surface area (Å²) in [6.45, 7) is 8.09. The van der Waals surface area contributed by atoms with E-state index in [1.807, 2.05) is 6.08 Å². The molecule has 3 unspecified atom stereocenters. The zero-order chi connectivity index (χ0) is 19.0. The number of hydrogen-bond donors (Lipinski definition) is 0. The van der Waals surface area contributed by atoms with Gasteiger partial charge >= 0.3 is 0 Å². The van der Waals surface area contributed by atoms with Crippen LogP contribution in [0.25, 0.3) is 0 Å². The summed E-state index contributed by atoms with van der Waals surface area (Å²) in [4.78, 5) is 0. The summed E-state index contributed by atoms with van der Waals surface area (Å²) in [6.07, 6.45) is 16.7. The lowest BCUT2D eigenvalue weighted by molar-refractivity contribution is -0.163. The minimum Gasteiger partial charge on any atom is -0.373 e. The van der Waals surface area contributed by atoms with Crippen LogP contribution in [-0.2, 0) is 23.7 Å². The van der Waals surface area contributed by atoms with E-state index in [-0.39, 0.29) is 12.6 Å². The van der Waals surface area contributed by atoms with E-state index in [1.54, 1.807) is 0 Å². The molecule has 3 fully saturated rings. The van der Waals surface area contributed by atoms with Crippen LogP contribution in [0.5, 0.6) is 0 Å². The van der Waals surface area contributed by atoms with Crippen molar-refractivity contribution in [1.29, 1.82) is 0 Å². The molecule has 5 nitrogen and oxygen atoms in total. The number of hydrogen-bond acceptors (Lipinski definition) is 5. The Morgan fingerprint density at radius 1 is 0.778 bits per heavy atom. The highest BCUT2D eigenvalue weighted by molar-refractivity contribution is 4.68. The highest BCUT2D eigenvalue weighted by Crippen LogP contribution is 2.18. The average molecular weight is 385 g/mol. The maximum Gasteiger partial charge on any atom is 0.157 e. The van der Waals surface area contributed by atoms with Crippen LogP contribution in [0.3, 0.4) is 0 Å². The summed E-state index contributed by atoms with van der Waals surface area (Å²) in [5.74, 6) is 0. The van der Waals surface area contributed by atoms with Crippen LogP contribution < -0.4 is 0 Å². The molecule has 3 atom stereocenters. The second-order valence-electron chi connectivity index (χ2n) is 7.57. The summed E-state index contributed by atoms with van der Waals surface area (Å²) in [6, 6.07) is 0. The van der Waals surface area contributed by atoms with E-state index in [0.717, 1.165) is 65.1 Å². The third-order valence-electron chi connectivity index (χ3n) is 5.01. The highest BCUT2D eigenvalue weighted by atomic mass is 16.7. The van der Waals surface area contributed by atoms with Crippen LogP contribution in [0.4, 0.5) is 0 Å². The van der Waals surface area contributed by atoms with Crippen molar-refractivity contribution in [2.24, 2.45) is 0 Å². The molecule has 0 spiro atoms. The summed E-state index contributed by atoms with van der Waals surface area (Å²) in [7, 11) is 0. The summed E-state index contributed by atoms with van der Waals surface area (Å²) < 4.78 is 27.2. The first-order valence-corrected chi connectivity index (χ1v) is 11.1. The average Bonchev–Trinajstić information content (AvgIpc) is 3.54. The second kappa shape index (κ2) is 15.5. The van der Waals surface area contributed by atoms with Crippen molar-refractivity contribution in [1.82, 2.24) is 0 Å². The molecule has 0 amide bonds. The van der Waals surface area contributed by atoms with Gasteiger partial charge in [-0.25, -0.2) is 0 Å². The molecule has 3 saturated heterocycles. The molecule has 0 aromatic rings. The maximum atomic E-state index is 5.62. The van der Waals surface area contributed by atoms with Crippen molar-refractivity contribution < 1.29 is 23.7 Å². The molecule has 27 heavy (non-hydrogen) atoms. The Balaban J connectivity index is 0.000000194. The van der Waals surface area contributed by atoms with Crippen molar-refractivity contribution >= 4 is 0 Å². The third-order valence-corrected chi connectivity index (χ3v) is 5.01. The zero-order valence-electron chi connectivity index (χ0n) is 17.1. The van der Waals surface area contributed by atoms with Gasteiger partial charge in [0, 0.05) is 26.4 Å². The molecule has 3 rings (SSSR count). The zero-order valence-corrected chi connectivity index (χ0v) is 17.1. The van der Waals surface area contributed by atoms with Gasteiger partial charge in [-0.05, 0) is 77.0 Å². The van der Waals surface area contributed by atoms with E-state index in [1.165, 1.54) is 44.9 Å². The van der Waals surface area contributed by atoms with Crippen molar-refractivity contribution in [3.8, 4) is 0 Å². The van der Waals surface area contributed by atoms with Crippen molar-refractivity contribution in [2.75, 3.05) is 33.0 Å². The Bertz CT molecular complexity index is 347. The molecule has 0 N–H and O–H groups in total. The van der Waals surface area contributed by atoms with E-state index in [0.29, 0.717) is 6.10 Å². The molecule has 5 heteroatoms. The summed E-state index contributed by atoms with van der Waals surface area (Å²) in [5.41, 5.74) is 0. The van der Waals surface area contributed by atoms with E-state index < -0.39 is 0 Å². The van der Waals surface area contributed by atoms with Crippen LogP contribution in [0.15, 0.2) is 12.7 Å². The first kappa shape index (κ1) is 22.8. The quantitative estimate of drug-likeness (QED) is 0.270. The van der Waals surface area contributed by atoms with E-state index in [2.05, 4.69) is 6.58 Å². The van der Waals surface area contributed by atoms with Gasteiger partial charge in [0.25, 0.3) is 0 Å². The minimum atomic E-state index is 0.0810. The number of ether oxygens (including phenoxy) is 5. The Labute approximate surface area is 165 Å². The van der Waals surface area contributed by atoms with Crippen LogP contribution in [0, 0.1) is 0 Å². The Hall–Kier alpha value is -0.460. The minimum absolute atomic E-state index is 0.0810. The molecule has 0 aliphatic carbocycles. The van der Waals surface area contributed by atoms with Crippen molar-refractivity contribution in [3.63, 3.8) is 0 Å². The number of allylic oxidation sites excluding steroid dienone is 1. The largest absolute Gasteiger partial charge is 0.373 e. The normalized spacial score (nSPS) is 27.5. The molecular formula is C22H40O5. The summed E-state index contributed by atoms with van der Waals surface area (Å²) in [5, 5.41) is 0. The van der Waals surface area contributed by atoms with Gasteiger partial charge < -0.3 is 23.7 Å². The molecule has 3 aliphatic rings. The molecular weight excluding hydrogens is 344 g/mol. The van der Waals surface area contributed by atoms with Crippen LogP contribution in [0.1, 0.15) is 77.0 Å². The lowest BCUT2D eigenvalue weighted by Gasteiger charge is -2.22. The number of unbranched alkanes of at least 4 members (excludes halogenated alkanes) is 3. The molecule has 0 aromatic heterocycles. The molecule has 3 heterocycles. The fourth-order valence-electron chi connectivity index (χ4n) is 3.21. The van der Waals surface area contributed by atoms with Gasteiger partial charge in [0.1, 0.15) is 0 Å². The molecule has 3 aliphatic heterocycles. The standard InChI is InChI=1S/C11H20O3.C11H20O2/c1(5-10-9-14-10)3-7-12-11-6-2-4-8-13-11;1-2-3-4-6-9-12-11-8-5-7-10-13-11/h10-11H,1-9H2;2,11H,1,3-10H2. The highest BCUT2D eigenvalue weighted by Gasteiger charge is 2.21. The Morgan fingerprint density at radius 2 is 1.37 bits per heavy atom. The van der Waals surface area contributed by atoms with Crippen LogP contribution in [0.2, 0.25) is 0 Å². The van der Waals surface area contributed by atoms with Crippen LogP contribution >= 0.6 is 0 Å². The van der Waals surface area contributed by atoms with Gasteiger partial charge in [-0.1, -0.05) is 6.08 Å². The van der Waals surface area contributed by atoms with Gasteiger partial charge in [0.2, 0.25) is 0 Å². The third kappa shape index (κ3) is 12.6. The smallest absolute Gasteiger partial charge is 0.157 e. The monoisotopic (exact) mass is 384 g/mol. The molecule has 158 valence electrons. The Morgan fingerprint density at radius 3 is 1.85 bits per heavy atom. The predicted octanol–water partition coefficient (Wildman–Crippen LogP) is 4.98. The van der Waals surface area contributed by atoms with Gasteiger partial charge in [-0.2, -0.15) is 0 Å². The van der Waals surface area contributed by atoms with Crippen molar-refractivity contribution in [2.45, 2.75) is 95.7 Å². The predicted molar refractivity (Wildman–Crippen MR) is 107 cm³/mol. The first-order valence-electron chi connectivity index (χ1n) is 11.1. The van der Waals surface area contributed by atoms with Crippen molar-refractivity contribution in [3.05, 3.63) is 12.7 Å². The first-order chi connectivity index (χ1) is 13.4. The fraction of sp³-hybridized carbons (Fsp3) is 0.909. The number of epoxide rings is 1. The van der Waals surface area contributed by atoms with Crippen LogP contribution in [-0.4, -0.2) is 51.7 Å². The van der Waals surface area contributed by atoms with Gasteiger partial charge in [-0.15, -0.1) is 6.58 Å². The second-order valence-corrected chi connectivity index (χ2v) is 7.57. The van der Waals surface area contributed by atoms with Gasteiger partial charge in [0.05, 0.1) is 12.7 Å². The molecule has 0 aromatic carbocycles. The van der Waals surface area contributed by atoms with Gasteiger partial charge in [-0.3, -0.25) is 0 Å². The molecule has 0 saturated carbocycles. The molecule has 0 radical (unpaired) electrons. The van der Waals surface area contributed by atoms with E-state index in [4.69, 9.17) is 23.7 Å². The summed E-state index contributed by atoms with van der Waals surface area (Å²) >= 11 is 0. The van der Waals surface area contributed by atoms with E-state index in [9.17, 15) is 0 Å². The SMILES string of the molecule is C(CCC1CO1)COC1CCCCO1.C=CCCCCOC1CCCCO1. The Kier molecular flexibility index (Phi) is 13.1. The lowest BCUT2D eigenvalue weighted by Crippen LogP contribution is -2.22. The van der Waals surface area contributed by atoms with Gasteiger partial charge in [0.15, 0.2) is 12.6 Å². The fourth-order valence-corrected chi connectivity index (χ4v) is 3.21. The topological polar surface area (TPSA) is 49.5 Å². The van der Waals surface area contributed by atoms with E-state index >= 15 is 0 Å².